The first-order chi connectivity index (χ1) is 24.0. The van der Waals surface area contributed by atoms with Gasteiger partial charge in [0.05, 0.1) is 12.2 Å². The largest absolute Gasteiger partial charge is 0.392 e. The number of unbranched alkanes of at least 4 members (excludes halogenated alkanes) is 12. The summed E-state index contributed by atoms with van der Waals surface area (Å²) in [5, 5.41) is 20.4. The highest BCUT2D eigenvalue weighted by Gasteiger charge is 2.18. The Bertz CT molecular complexity index is 917. The van der Waals surface area contributed by atoms with Gasteiger partial charge < -0.3 is 10.2 Å². The standard InChI is InChI=1S/C40H70O9S/c1-3-5-7-9-11-13-15-17-33(41)19-21-35(43)23-25-37(45)27-29-39(47)31-50(49)32-40(48)30-28-38(46)26-24-36(44)22-20-34(42)18-16-14-12-10-8-6-4-2/h39-40,47-48H,3-32H2,1-2H3. The lowest BCUT2D eigenvalue weighted by Gasteiger charge is -2.13. The van der Waals surface area contributed by atoms with E-state index >= 15 is 0 Å². The molecule has 0 aromatic rings. The van der Waals surface area contributed by atoms with E-state index in [4.69, 9.17) is 0 Å². The molecule has 2 atom stereocenters. The molecule has 0 radical (unpaired) electrons. The Hall–Kier alpha value is -1.91. The van der Waals surface area contributed by atoms with Gasteiger partial charge in [-0.2, -0.15) is 0 Å². The second-order valence-corrected chi connectivity index (χ2v) is 15.7. The summed E-state index contributed by atoms with van der Waals surface area (Å²) in [6.07, 6.45) is 16.2. The molecule has 9 nitrogen and oxygen atoms in total. The van der Waals surface area contributed by atoms with Gasteiger partial charge >= 0.3 is 0 Å². The van der Waals surface area contributed by atoms with Crippen molar-refractivity contribution in [3.63, 3.8) is 0 Å². The molecule has 0 amide bonds. The molecule has 0 spiro atoms. The van der Waals surface area contributed by atoms with Crippen molar-refractivity contribution in [1.29, 1.82) is 0 Å². The van der Waals surface area contributed by atoms with Gasteiger partial charge in [-0.25, -0.2) is 0 Å². The highest BCUT2D eigenvalue weighted by Crippen LogP contribution is 2.13. The molecule has 0 aliphatic heterocycles. The minimum atomic E-state index is -1.55. The number of Topliss-reactive ketones (excluding diaryl/α,β-unsaturated/α-hetero) is 6. The number of hydrogen-bond donors (Lipinski definition) is 2. The van der Waals surface area contributed by atoms with E-state index in [1.54, 1.807) is 0 Å². The molecule has 0 saturated carbocycles. The summed E-state index contributed by atoms with van der Waals surface area (Å²) in [5.41, 5.74) is 0. The third kappa shape index (κ3) is 32.0. The lowest BCUT2D eigenvalue weighted by atomic mass is 10.0. The number of aliphatic hydroxyl groups is 2. The van der Waals surface area contributed by atoms with Crippen LogP contribution in [0, 0.1) is 0 Å². The molecule has 0 fully saturated rings. The fraction of sp³-hybridized carbons (Fsp3) is 0.850. The summed E-state index contributed by atoms with van der Waals surface area (Å²) >= 11 is 0. The van der Waals surface area contributed by atoms with Crippen molar-refractivity contribution in [1.82, 2.24) is 0 Å². The van der Waals surface area contributed by atoms with Gasteiger partial charge in [-0.3, -0.25) is 33.0 Å². The number of carbonyl (C=O) groups is 6. The SMILES string of the molecule is CCCCCCCCCC(=O)CCC(=O)CCC(=O)CCC(O)CS(=O)CC(O)CCC(=O)CCC(=O)CCC(=O)CCCCCCCCC. The average molecular weight is 727 g/mol. The van der Waals surface area contributed by atoms with Gasteiger partial charge in [0.25, 0.3) is 0 Å². The van der Waals surface area contributed by atoms with Crippen molar-refractivity contribution in [3.8, 4) is 0 Å². The average Bonchev–Trinajstić information content (AvgIpc) is 3.08. The van der Waals surface area contributed by atoms with Crippen molar-refractivity contribution in [2.75, 3.05) is 11.5 Å². The fourth-order valence-electron chi connectivity index (χ4n) is 5.74. The van der Waals surface area contributed by atoms with E-state index < -0.39 is 23.0 Å². The lowest BCUT2D eigenvalue weighted by molar-refractivity contribution is -0.126. The quantitative estimate of drug-likeness (QED) is 0.0605. The zero-order chi connectivity index (χ0) is 37.4. The number of hydrogen-bond acceptors (Lipinski definition) is 9. The molecule has 2 unspecified atom stereocenters. The summed E-state index contributed by atoms with van der Waals surface area (Å²) in [5.74, 6) is -0.622. The Morgan fingerprint density at radius 2 is 0.620 bits per heavy atom. The van der Waals surface area contributed by atoms with E-state index in [1.165, 1.54) is 51.4 Å². The van der Waals surface area contributed by atoms with Crippen molar-refractivity contribution >= 4 is 45.5 Å². The summed E-state index contributed by atoms with van der Waals surface area (Å²) in [7, 11) is -1.55. The van der Waals surface area contributed by atoms with Crippen LogP contribution in [0.1, 0.15) is 194 Å². The first-order valence-electron chi connectivity index (χ1n) is 19.8. The zero-order valence-corrected chi connectivity index (χ0v) is 32.3. The summed E-state index contributed by atoms with van der Waals surface area (Å²) in [6.45, 7) is 4.36. The maximum atomic E-state index is 12.4. The van der Waals surface area contributed by atoms with Crippen LogP contribution in [0.3, 0.4) is 0 Å². The molecule has 0 aromatic heterocycles. The van der Waals surface area contributed by atoms with Gasteiger partial charge in [0.2, 0.25) is 0 Å². The molecule has 0 aliphatic carbocycles. The highest BCUT2D eigenvalue weighted by molar-refractivity contribution is 7.85. The van der Waals surface area contributed by atoms with Gasteiger partial charge in [-0.1, -0.05) is 90.9 Å². The third-order valence-electron chi connectivity index (χ3n) is 9.12. The van der Waals surface area contributed by atoms with E-state index in [1.807, 2.05) is 0 Å². The fourth-order valence-corrected chi connectivity index (χ4v) is 7.07. The first-order valence-corrected chi connectivity index (χ1v) is 21.3. The Kier molecular flexibility index (Phi) is 31.7. The molecule has 0 aromatic carbocycles. The van der Waals surface area contributed by atoms with E-state index in [0.29, 0.717) is 12.8 Å². The second-order valence-electron chi connectivity index (χ2n) is 14.1. The maximum Gasteiger partial charge on any atom is 0.133 e. The van der Waals surface area contributed by atoms with Crippen LogP contribution in [0.25, 0.3) is 0 Å². The summed E-state index contributed by atoms with van der Waals surface area (Å²) < 4.78 is 12.4. The normalized spacial score (nSPS) is 13.1. The van der Waals surface area contributed by atoms with Crippen molar-refractivity contribution in [2.24, 2.45) is 0 Å². The lowest BCUT2D eigenvalue weighted by Crippen LogP contribution is -2.25. The van der Waals surface area contributed by atoms with Gasteiger partial charge in [-0.15, -0.1) is 0 Å². The van der Waals surface area contributed by atoms with Gasteiger partial charge in [0.15, 0.2) is 0 Å². The van der Waals surface area contributed by atoms with Crippen LogP contribution in [-0.4, -0.2) is 72.8 Å². The van der Waals surface area contributed by atoms with E-state index in [2.05, 4.69) is 13.8 Å². The van der Waals surface area contributed by atoms with Gasteiger partial charge in [0.1, 0.15) is 34.7 Å². The second kappa shape index (κ2) is 33.0. The maximum absolute atomic E-state index is 12.4. The van der Waals surface area contributed by atoms with E-state index in [0.717, 1.165) is 38.5 Å². The van der Waals surface area contributed by atoms with Crippen LogP contribution in [0.15, 0.2) is 0 Å². The van der Waals surface area contributed by atoms with Crippen molar-refractivity contribution in [2.45, 2.75) is 206 Å². The Labute approximate surface area is 305 Å². The molecule has 0 saturated heterocycles. The zero-order valence-electron chi connectivity index (χ0n) is 31.5. The van der Waals surface area contributed by atoms with Crippen LogP contribution < -0.4 is 0 Å². The van der Waals surface area contributed by atoms with Crippen LogP contribution in [0.2, 0.25) is 0 Å². The predicted molar refractivity (Wildman–Crippen MR) is 201 cm³/mol. The molecular weight excluding hydrogens is 656 g/mol. The Morgan fingerprint density at radius 1 is 0.380 bits per heavy atom. The molecule has 2 N–H and O–H groups in total. The number of carbonyl (C=O) groups excluding carboxylic acids is 6. The van der Waals surface area contributed by atoms with Crippen molar-refractivity contribution < 1.29 is 43.2 Å². The molecular formula is C40H70O9S. The van der Waals surface area contributed by atoms with Crippen molar-refractivity contribution in [3.05, 3.63) is 0 Å². The number of ketones is 6. The molecule has 50 heavy (non-hydrogen) atoms. The highest BCUT2D eigenvalue weighted by atomic mass is 32.2. The van der Waals surface area contributed by atoms with Crippen LogP contribution >= 0.6 is 0 Å². The topological polar surface area (TPSA) is 160 Å². The number of aliphatic hydroxyl groups excluding tert-OH is 2. The Balaban J connectivity index is 3.93. The predicted octanol–water partition coefficient (Wildman–Crippen LogP) is 7.83. The minimum Gasteiger partial charge on any atom is -0.392 e. The summed E-state index contributed by atoms with van der Waals surface area (Å²) in [6, 6.07) is 0. The number of rotatable bonds is 38. The third-order valence-corrected chi connectivity index (χ3v) is 10.6. The van der Waals surface area contributed by atoms with Crippen LogP contribution in [0.4, 0.5) is 0 Å². The molecule has 290 valence electrons. The van der Waals surface area contributed by atoms with Gasteiger partial charge in [0, 0.05) is 99.4 Å². The molecule has 10 heteroatoms. The monoisotopic (exact) mass is 726 g/mol. The molecule has 0 rings (SSSR count). The van der Waals surface area contributed by atoms with E-state index in [9.17, 15) is 43.2 Å². The Morgan fingerprint density at radius 3 is 0.920 bits per heavy atom. The van der Waals surface area contributed by atoms with Crippen LogP contribution in [0.5, 0.6) is 0 Å². The van der Waals surface area contributed by atoms with E-state index in [-0.39, 0.29) is 123 Å². The molecule has 0 aliphatic rings. The minimum absolute atomic E-state index is 0.0476. The first kappa shape index (κ1) is 48.1. The van der Waals surface area contributed by atoms with Gasteiger partial charge in [-0.05, 0) is 25.7 Å². The summed E-state index contributed by atoms with van der Waals surface area (Å²) in [4.78, 5) is 72.7. The molecule has 0 heterocycles. The molecule has 0 bridgehead atoms. The smallest absolute Gasteiger partial charge is 0.133 e. The van der Waals surface area contributed by atoms with Crippen LogP contribution in [-0.2, 0) is 39.6 Å².